The van der Waals surface area contributed by atoms with Gasteiger partial charge in [0.05, 0.1) is 19.1 Å². The van der Waals surface area contributed by atoms with E-state index in [4.69, 9.17) is 9.47 Å². The SMILES string of the molecule is COc1cc(C=NN=C2NC(=O)CS2)ccc1OCC(F)F. The van der Waals surface area contributed by atoms with Crippen LogP contribution >= 0.6 is 11.8 Å². The summed E-state index contributed by atoms with van der Waals surface area (Å²) >= 11 is 1.26. The highest BCUT2D eigenvalue weighted by atomic mass is 32.2. The molecule has 0 bridgehead atoms. The van der Waals surface area contributed by atoms with E-state index in [-0.39, 0.29) is 11.7 Å². The van der Waals surface area contributed by atoms with Crippen LogP contribution in [0.3, 0.4) is 0 Å². The van der Waals surface area contributed by atoms with Gasteiger partial charge in [-0.15, -0.1) is 5.10 Å². The molecule has 1 aliphatic heterocycles. The summed E-state index contributed by atoms with van der Waals surface area (Å²) < 4.78 is 34.3. The number of halogens is 2. The van der Waals surface area contributed by atoms with Crippen molar-refractivity contribution in [3.05, 3.63) is 23.8 Å². The quantitative estimate of drug-likeness (QED) is 0.639. The number of hydrogen-bond donors (Lipinski definition) is 1. The molecule has 1 aromatic rings. The van der Waals surface area contributed by atoms with Crippen LogP contribution in [-0.4, -0.2) is 43.2 Å². The van der Waals surface area contributed by atoms with Crippen molar-refractivity contribution in [1.29, 1.82) is 0 Å². The number of benzene rings is 1. The minimum Gasteiger partial charge on any atom is -0.493 e. The molecule has 1 amide bonds. The van der Waals surface area contributed by atoms with E-state index in [1.165, 1.54) is 31.2 Å². The molecule has 6 nitrogen and oxygen atoms in total. The first-order chi connectivity index (χ1) is 10.6. The van der Waals surface area contributed by atoms with Crippen LogP contribution in [0.4, 0.5) is 8.78 Å². The molecule has 0 atom stereocenters. The maximum absolute atomic E-state index is 12.1. The lowest BCUT2D eigenvalue weighted by atomic mass is 10.2. The van der Waals surface area contributed by atoms with E-state index in [9.17, 15) is 13.6 Å². The van der Waals surface area contributed by atoms with Crippen LogP contribution in [-0.2, 0) is 4.79 Å². The molecule has 0 aromatic heterocycles. The molecule has 0 aliphatic carbocycles. The summed E-state index contributed by atoms with van der Waals surface area (Å²) in [6.07, 6.45) is -1.10. The molecule has 9 heteroatoms. The summed E-state index contributed by atoms with van der Waals surface area (Å²) in [7, 11) is 1.41. The third-order valence-electron chi connectivity index (χ3n) is 2.49. The molecule has 1 fully saturated rings. The molecule has 0 saturated carbocycles. The van der Waals surface area contributed by atoms with Crippen molar-refractivity contribution in [2.45, 2.75) is 6.43 Å². The minimum atomic E-state index is -2.55. The van der Waals surface area contributed by atoms with Gasteiger partial charge in [-0.1, -0.05) is 11.8 Å². The number of thioether (sulfide) groups is 1. The number of hydrogen-bond acceptors (Lipinski definition) is 6. The molecule has 0 radical (unpaired) electrons. The topological polar surface area (TPSA) is 72.3 Å². The Balaban J connectivity index is 2.04. The van der Waals surface area contributed by atoms with Gasteiger partial charge >= 0.3 is 0 Å². The Hall–Kier alpha value is -2.16. The highest BCUT2D eigenvalue weighted by Crippen LogP contribution is 2.27. The number of rotatable bonds is 6. The monoisotopic (exact) mass is 329 g/mol. The van der Waals surface area contributed by atoms with Gasteiger partial charge in [0.2, 0.25) is 5.91 Å². The Bertz CT molecular complexity index is 608. The fourth-order valence-corrected chi connectivity index (χ4v) is 2.19. The Morgan fingerprint density at radius 2 is 2.27 bits per heavy atom. The maximum Gasteiger partial charge on any atom is 0.272 e. The van der Waals surface area contributed by atoms with E-state index in [2.05, 4.69) is 15.5 Å². The van der Waals surface area contributed by atoms with Crippen LogP contribution in [0.15, 0.2) is 28.4 Å². The number of amides is 1. The third kappa shape index (κ3) is 4.69. The normalized spacial score (nSPS) is 16.5. The number of carbonyl (C=O) groups is 1. The van der Waals surface area contributed by atoms with Crippen LogP contribution in [0, 0.1) is 0 Å². The van der Waals surface area contributed by atoms with Crippen molar-refractivity contribution in [3.8, 4) is 11.5 Å². The predicted octanol–water partition coefficient (Wildman–Crippen LogP) is 1.89. The number of nitrogens with one attached hydrogen (secondary N) is 1. The van der Waals surface area contributed by atoms with Crippen LogP contribution in [0.1, 0.15) is 5.56 Å². The van der Waals surface area contributed by atoms with Gasteiger partial charge in [0.15, 0.2) is 16.7 Å². The molecule has 2 rings (SSSR count). The molecule has 1 heterocycles. The van der Waals surface area contributed by atoms with Gasteiger partial charge in [0.25, 0.3) is 6.43 Å². The van der Waals surface area contributed by atoms with E-state index in [0.717, 1.165) is 0 Å². The lowest BCUT2D eigenvalue weighted by Crippen LogP contribution is -2.19. The smallest absolute Gasteiger partial charge is 0.272 e. The van der Waals surface area contributed by atoms with E-state index < -0.39 is 13.0 Å². The second kappa shape index (κ2) is 7.74. The summed E-state index contributed by atoms with van der Waals surface area (Å²) in [6.45, 7) is -0.700. The largest absolute Gasteiger partial charge is 0.493 e. The molecular formula is C13H13F2N3O3S. The lowest BCUT2D eigenvalue weighted by Gasteiger charge is -2.10. The van der Waals surface area contributed by atoms with Crippen molar-refractivity contribution in [2.24, 2.45) is 10.2 Å². The number of amidine groups is 1. The Morgan fingerprint density at radius 1 is 1.45 bits per heavy atom. The molecule has 1 aromatic carbocycles. The van der Waals surface area contributed by atoms with Gasteiger partial charge < -0.3 is 14.8 Å². The first kappa shape index (κ1) is 16.2. The van der Waals surface area contributed by atoms with Crippen LogP contribution < -0.4 is 14.8 Å². The number of ether oxygens (including phenoxy) is 2. The molecule has 22 heavy (non-hydrogen) atoms. The fraction of sp³-hybridized carbons (Fsp3) is 0.308. The van der Waals surface area contributed by atoms with Crippen LogP contribution in [0.5, 0.6) is 11.5 Å². The van der Waals surface area contributed by atoms with E-state index >= 15 is 0 Å². The second-order valence-corrected chi connectivity index (χ2v) is 5.06. The molecular weight excluding hydrogens is 316 g/mol. The zero-order chi connectivity index (χ0) is 15.9. The first-order valence-corrected chi connectivity index (χ1v) is 7.19. The number of alkyl halides is 2. The summed E-state index contributed by atoms with van der Waals surface area (Å²) in [4.78, 5) is 11.0. The van der Waals surface area contributed by atoms with E-state index in [1.54, 1.807) is 12.1 Å². The fourth-order valence-electron chi connectivity index (χ4n) is 1.56. The van der Waals surface area contributed by atoms with Gasteiger partial charge in [-0.3, -0.25) is 4.79 Å². The zero-order valence-corrected chi connectivity index (χ0v) is 12.4. The maximum atomic E-state index is 12.1. The highest BCUT2D eigenvalue weighted by Gasteiger charge is 2.16. The molecule has 1 saturated heterocycles. The third-order valence-corrected chi connectivity index (χ3v) is 3.36. The molecule has 1 N–H and O–H groups in total. The summed E-state index contributed by atoms with van der Waals surface area (Å²) in [5, 5.41) is 10.7. The summed E-state index contributed by atoms with van der Waals surface area (Å²) in [5.74, 6) is 0.769. The zero-order valence-electron chi connectivity index (χ0n) is 11.6. The molecule has 0 spiro atoms. The van der Waals surface area contributed by atoms with Gasteiger partial charge in [0, 0.05) is 0 Å². The molecule has 0 unspecified atom stereocenters. The van der Waals surface area contributed by atoms with Crippen molar-refractivity contribution < 1.29 is 23.0 Å². The average Bonchev–Trinajstić information content (AvgIpc) is 2.91. The van der Waals surface area contributed by atoms with Gasteiger partial charge in [-0.25, -0.2) is 8.78 Å². The van der Waals surface area contributed by atoms with Gasteiger partial charge in [-0.2, -0.15) is 5.10 Å². The van der Waals surface area contributed by atoms with Gasteiger partial charge in [0.1, 0.15) is 6.61 Å². The molecule has 1 aliphatic rings. The van der Waals surface area contributed by atoms with Crippen LogP contribution in [0.2, 0.25) is 0 Å². The van der Waals surface area contributed by atoms with Crippen molar-refractivity contribution in [2.75, 3.05) is 19.5 Å². The summed E-state index contributed by atoms with van der Waals surface area (Å²) in [6, 6.07) is 4.74. The number of nitrogens with zero attached hydrogens (tertiary/aromatic N) is 2. The van der Waals surface area contributed by atoms with Crippen LogP contribution in [0.25, 0.3) is 0 Å². The van der Waals surface area contributed by atoms with E-state index in [1.807, 2.05) is 0 Å². The van der Waals surface area contributed by atoms with Crippen molar-refractivity contribution >= 4 is 29.1 Å². The standard InChI is InChI=1S/C13H13F2N3O3S/c1-20-10-4-8(2-3-9(10)21-6-11(14)15)5-16-18-13-17-12(19)7-22-13/h2-5,11H,6-7H2,1H3,(H,17,18,19). The van der Waals surface area contributed by atoms with Crippen molar-refractivity contribution in [1.82, 2.24) is 5.32 Å². The number of carbonyl (C=O) groups excluding carboxylic acids is 1. The Morgan fingerprint density at radius 3 is 2.91 bits per heavy atom. The summed E-state index contributed by atoms with van der Waals surface area (Å²) in [5.41, 5.74) is 0.653. The lowest BCUT2D eigenvalue weighted by molar-refractivity contribution is -0.116. The molecule has 118 valence electrons. The first-order valence-electron chi connectivity index (χ1n) is 6.21. The van der Waals surface area contributed by atoms with Crippen molar-refractivity contribution in [3.63, 3.8) is 0 Å². The predicted molar refractivity (Wildman–Crippen MR) is 80.1 cm³/mol. The second-order valence-electron chi connectivity index (χ2n) is 4.10. The highest BCUT2D eigenvalue weighted by molar-refractivity contribution is 8.15. The Kier molecular flexibility index (Phi) is 5.70. The number of methoxy groups -OCH3 is 1. The Labute approximate surface area is 129 Å². The average molecular weight is 329 g/mol. The minimum absolute atomic E-state index is 0.110. The van der Waals surface area contributed by atoms with E-state index in [0.29, 0.717) is 22.2 Å². The van der Waals surface area contributed by atoms with Gasteiger partial charge in [-0.05, 0) is 23.8 Å².